The number of hydrogen-bond donors (Lipinski definition) is 1. The van der Waals surface area contributed by atoms with Crippen LogP contribution in [0.1, 0.15) is 13.3 Å². The van der Waals surface area contributed by atoms with E-state index in [1.807, 2.05) is 19.1 Å². The van der Waals surface area contributed by atoms with E-state index < -0.39 is 5.41 Å². The van der Waals surface area contributed by atoms with Crippen molar-refractivity contribution in [3.05, 3.63) is 35.4 Å². The van der Waals surface area contributed by atoms with Crippen LogP contribution in [0.25, 0.3) is 0 Å². The molecule has 2 bridgehead atoms. The second kappa shape index (κ2) is 3.89. The minimum atomic E-state index is -0.689. The molecule has 1 saturated carbocycles. The van der Waals surface area contributed by atoms with Crippen molar-refractivity contribution < 1.29 is 14.7 Å². The first-order valence-corrected chi connectivity index (χ1v) is 7.37. The molecule has 0 aromatic heterocycles. The summed E-state index contributed by atoms with van der Waals surface area (Å²) < 4.78 is 0. The van der Waals surface area contributed by atoms with E-state index >= 15 is 0 Å². The first-order chi connectivity index (χ1) is 9.94. The summed E-state index contributed by atoms with van der Waals surface area (Å²) in [4.78, 5) is 26.8. The van der Waals surface area contributed by atoms with Gasteiger partial charge in [0.1, 0.15) is 5.75 Å². The minimum Gasteiger partial charge on any atom is -0.506 e. The highest BCUT2D eigenvalue weighted by molar-refractivity contribution is 6.32. The van der Waals surface area contributed by atoms with Crippen LogP contribution in [-0.4, -0.2) is 16.9 Å². The van der Waals surface area contributed by atoms with E-state index in [4.69, 9.17) is 11.6 Å². The average molecular weight is 304 g/mol. The Morgan fingerprint density at radius 2 is 2.10 bits per heavy atom. The lowest BCUT2D eigenvalue weighted by molar-refractivity contribution is -0.127. The Labute approximate surface area is 127 Å². The van der Waals surface area contributed by atoms with Gasteiger partial charge in [-0.3, -0.25) is 9.59 Å². The summed E-state index contributed by atoms with van der Waals surface area (Å²) in [6.45, 7) is 1.87. The monoisotopic (exact) mass is 303 g/mol. The molecule has 0 spiro atoms. The maximum absolute atomic E-state index is 12.9. The number of rotatable bonds is 1. The van der Waals surface area contributed by atoms with Gasteiger partial charge in [-0.15, -0.1) is 0 Å². The predicted octanol–water partition coefficient (Wildman–Crippen LogP) is 2.75. The largest absolute Gasteiger partial charge is 0.506 e. The Morgan fingerprint density at radius 3 is 2.81 bits per heavy atom. The fraction of sp³-hybridized carbons (Fsp3) is 0.375. The maximum atomic E-state index is 12.9. The van der Waals surface area contributed by atoms with Crippen LogP contribution in [0.4, 0.5) is 5.69 Å². The van der Waals surface area contributed by atoms with Crippen LogP contribution in [0.15, 0.2) is 30.4 Å². The van der Waals surface area contributed by atoms with E-state index in [9.17, 15) is 14.7 Å². The average Bonchev–Trinajstić information content (AvgIpc) is 3.06. The molecule has 1 N–H and O–H groups in total. The molecule has 3 aliphatic rings. The molecular formula is C16H14ClNO3. The van der Waals surface area contributed by atoms with Gasteiger partial charge < -0.3 is 5.11 Å². The number of aromatic hydroxyl groups is 1. The van der Waals surface area contributed by atoms with Gasteiger partial charge in [0.2, 0.25) is 11.8 Å². The Kier molecular flexibility index (Phi) is 2.39. The number of amides is 2. The van der Waals surface area contributed by atoms with Crippen LogP contribution in [0, 0.1) is 23.2 Å². The molecule has 2 aliphatic carbocycles. The van der Waals surface area contributed by atoms with Gasteiger partial charge in [-0.2, -0.15) is 0 Å². The summed E-state index contributed by atoms with van der Waals surface area (Å²) in [5.41, 5.74) is -0.502. The van der Waals surface area contributed by atoms with E-state index in [0.29, 0.717) is 5.02 Å². The van der Waals surface area contributed by atoms with Gasteiger partial charge in [0.15, 0.2) is 0 Å². The number of hydrogen-bond acceptors (Lipinski definition) is 3. The molecule has 4 rings (SSSR count). The van der Waals surface area contributed by atoms with Crippen molar-refractivity contribution in [2.24, 2.45) is 23.2 Å². The normalized spacial score (nSPS) is 36.7. The summed E-state index contributed by atoms with van der Waals surface area (Å²) >= 11 is 5.94. The molecule has 0 unspecified atom stereocenters. The second-order valence-electron chi connectivity index (χ2n) is 6.26. The zero-order chi connectivity index (χ0) is 14.9. The summed E-state index contributed by atoms with van der Waals surface area (Å²) in [6, 6.07) is 4.40. The van der Waals surface area contributed by atoms with Crippen LogP contribution in [-0.2, 0) is 9.59 Å². The standard InChI is InChI=1S/C16H14ClNO3/c1-16-9-3-2-8(6-9)13(16)14(20)18(15(16)21)11-7-10(17)4-5-12(11)19/h2-5,7-9,13,19H,6H2,1H3/t8-,9-,13+,16-/m1/s1. The van der Waals surface area contributed by atoms with Crippen molar-refractivity contribution in [2.75, 3.05) is 4.90 Å². The molecule has 1 aromatic rings. The van der Waals surface area contributed by atoms with Gasteiger partial charge in [-0.05, 0) is 43.4 Å². The van der Waals surface area contributed by atoms with Crippen molar-refractivity contribution in [3.8, 4) is 5.75 Å². The molecule has 4 atom stereocenters. The number of imide groups is 1. The topological polar surface area (TPSA) is 57.6 Å². The Balaban J connectivity index is 1.85. The fourth-order valence-electron chi connectivity index (χ4n) is 4.21. The summed E-state index contributed by atoms with van der Waals surface area (Å²) in [6.07, 6.45) is 4.96. The number of allylic oxidation sites excluding steroid dienone is 2. The van der Waals surface area contributed by atoms with E-state index in [1.165, 1.54) is 18.2 Å². The molecule has 1 aliphatic heterocycles. The fourth-order valence-corrected chi connectivity index (χ4v) is 4.38. The van der Waals surface area contributed by atoms with Crippen molar-refractivity contribution in [1.29, 1.82) is 0 Å². The van der Waals surface area contributed by atoms with Crippen LogP contribution >= 0.6 is 11.6 Å². The third-order valence-electron chi connectivity index (χ3n) is 5.29. The molecular weight excluding hydrogens is 290 g/mol. The number of carbonyl (C=O) groups is 2. The highest BCUT2D eigenvalue weighted by Crippen LogP contribution is 2.61. The first kappa shape index (κ1) is 12.9. The van der Waals surface area contributed by atoms with Gasteiger partial charge in [0.25, 0.3) is 0 Å². The number of nitrogens with zero attached hydrogens (tertiary/aromatic N) is 1. The zero-order valence-corrected chi connectivity index (χ0v) is 12.2. The van der Waals surface area contributed by atoms with Gasteiger partial charge in [-0.25, -0.2) is 4.90 Å². The van der Waals surface area contributed by atoms with E-state index in [0.717, 1.165) is 11.3 Å². The van der Waals surface area contributed by atoms with Crippen molar-refractivity contribution >= 4 is 29.1 Å². The number of phenolic OH excluding ortho intramolecular Hbond substituents is 1. The quantitative estimate of drug-likeness (QED) is 0.641. The van der Waals surface area contributed by atoms with Crippen molar-refractivity contribution in [1.82, 2.24) is 0 Å². The molecule has 1 aromatic carbocycles. The summed E-state index contributed by atoms with van der Waals surface area (Å²) in [5.74, 6) is -0.648. The molecule has 21 heavy (non-hydrogen) atoms. The number of fused-ring (bicyclic) bond motifs is 5. The lowest BCUT2D eigenvalue weighted by atomic mass is 9.71. The third kappa shape index (κ3) is 1.41. The number of carbonyl (C=O) groups excluding carboxylic acids is 2. The van der Waals surface area contributed by atoms with Crippen molar-refractivity contribution in [3.63, 3.8) is 0 Å². The lowest BCUT2D eigenvalue weighted by Gasteiger charge is -2.28. The Morgan fingerprint density at radius 1 is 1.33 bits per heavy atom. The van der Waals surface area contributed by atoms with Gasteiger partial charge in [0, 0.05) is 5.02 Å². The van der Waals surface area contributed by atoms with E-state index in [2.05, 4.69) is 0 Å². The van der Waals surface area contributed by atoms with E-state index in [1.54, 1.807) is 0 Å². The molecule has 2 fully saturated rings. The number of phenols is 1. The van der Waals surface area contributed by atoms with Crippen LogP contribution in [0.2, 0.25) is 5.02 Å². The minimum absolute atomic E-state index is 0.107. The number of benzene rings is 1. The van der Waals surface area contributed by atoms with Gasteiger partial charge in [0.05, 0.1) is 17.0 Å². The molecule has 108 valence electrons. The molecule has 0 radical (unpaired) electrons. The maximum Gasteiger partial charge on any atom is 0.241 e. The number of halogens is 1. The molecule has 1 heterocycles. The van der Waals surface area contributed by atoms with E-state index in [-0.39, 0.29) is 41.0 Å². The van der Waals surface area contributed by atoms with Gasteiger partial charge in [-0.1, -0.05) is 23.8 Å². The molecule has 2 amide bonds. The first-order valence-electron chi connectivity index (χ1n) is 7.00. The van der Waals surface area contributed by atoms with Crippen LogP contribution in [0.5, 0.6) is 5.75 Å². The smallest absolute Gasteiger partial charge is 0.241 e. The van der Waals surface area contributed by atoms with Crippen LogP contribution in [0.3, 0.4) is 0 Å². The zero-order valence-electron chi connectivity index (χ0n) is 11.4. The third-order valence-corrected chi connectivity index (χ3v) is 5.52. The van der Waals surface area contributed by atoms with Crippen LogP contribution < -0.4 is 4.90 Å². The summed E-state index contributed by atoms with van der Waals surface area (Å²) in [7, 11) is 0. The summed E-state index contributed by atoms with van der Waals surface area (Å²) in [5, 5.41) is 10.4. The number of anilines is 1. The van der Waals surface area contributed by atoms with Gasteiger partial charge >= 0.3 is 0 Å². The molecule has 5 heteroatoms. The Hall–Kier alpha value is -1.81. The Bertz CT molecular complexity index is 713. The van der Waals surface area contributed by atoms with Crippen molar-refractivity contribution in [2.45, 2.75) is 13.3 Å². The predicted molar refractivity (Wildman–Crippen MR) is 77.9 cm³/mol. The molecule has 4 nitrogen and oxygen atoms in total. The second-order valence-corrected chi connectivity index (χ2v) is 6.70. The highest BCUT2D eigenvalue weighted by Gasteiger charge is 2.67. The molecule has 1 saturated heterocycles. The highest BCUT2D eigenvalue weighted by atomic mass is 35.5. The lowest BCUT2D eigenvalue weighted by Crippen LogP contribution is -2.37. The SMILES string of the molecule is C[C@]12C(=O)N(c3cc(Cl)ccc3O)C(=O)[C@@H]1[C@@H]1C=C[C@@H]2C1.